The molecule has 3 aromatic rings. The SMILES string of the molecule is CSc1ccccc1C(=O)Nc1ccc2c(c1)C(=O)Nc1cc(Cl)ccc1O2. The van der Waals surface area contributed by atoms with E-state index >= 15 is 0 Å². The Kier molecular flexibility index (Phi) is 4.98. The number of carbonyl (C=O) groups is 2. The van der Waals surface area contributed by atoms with E-state index in [1.165, 1.54) is 11.8 Å². The number of anilines is 2. The van der Waals surface area contributed by atoms with Crippen LogP contribution in [0.4, 0.5) is 11.4 Å². The van der Waals surface area contributed by atoms with Gasteiger partial charge in [-0.25, -0.2) is 0 Å². The number of hydrogen-bond acceptors (Lipinski definition) is 4. The lowest BCUT2D eigenvalue weighted by Gasteiger charge is -2.11. The molecular formula is C21H15ClN2O3S. The van der Waals surface area contributed by atoms with Crippen LogP contribution >= 0.6 is 23.4 Å². The highest BCUT2D eigenvalue weighted by atomic mass is 35.5. The van der Waals surface area contributed by atoms with Crippen molar-refractivity contribution in [2.24, 2.45) is 0 Å². The van der Waals surface area contributed by atoms with Crippen molar-refractivity contribution in [3.05, 3.63) is 76.8 Å². The molecule has 5 nitrogen and oxygen atoms in total. The summed E-state index contributed by atoms with van der Waals surface area (Å²) in [6, 6.07) is 17.3. The van der Waals surface area contributed by atoms with Crippen molar-refractivity contribution in [3.8, 4) is 11.5 Å². The maximum atomic E-state index is 12.7. The predicted octanol–water partition coefficient (Wildman–Crippen LogP) is 5.67. The number of amides is 2. The molecule has 1 aliphatic rings. The Balaban J connectivity index is 1.63. The minimum Gasteiger partial charge on any atom is -0.454 e. The highest BCUT2D eigenvalue weighted by molar-refractivity contribution is 7.98. The molecule has 0 unspecified atom stereocenters. The van der Waals surface area contributed by atoms with E-state index in [1.54, 1.807) is 42.5 Å². The second kappa shape index (κ2) is 7.58. The number of rotatable bonds is 3. The summed E-state index contributed by atoms with van der Waals surface area (Å²) in [6.07, 6.45) is 1.92. The van der Waals surface area contributed by atoms with Crippen molar-refractivity contribution >= 4 is 46.6 Å². The summed E-state index contributed by atoms with van der Waals surface area (Å²) in [6.45, 7) is 0. The van der Waals surface area contributed by atoms with Crippen molar-refractivity contribution in [1.29, 1.82) is 0 Å². The molecule has 0 atom stereocenters. The third-order valence-corrected chi connectivity index (χ3v) is 5.27. The molecule has 140 valence electrons. The van der Waals surface area contributed by atoms with Gasteiger partial charge in [-0.15, -0.1) is 11.8 Å². The molecule has 0 bridgehead atoms. The highest BCUT2D eigenvalue weighted by Gasteiger charge is 2.22. The number of ether oxygens (including phenoxy) is 1. The van der Waals surface area contributed by atoms with Crippen LogP contribution < -0.4 is 15.4 Å². The van der Waals surface area contributed by atoms with Gasteiger partial charge in [0.05, 0.1) is 16.8 Å². The molecule has 0 saturated heterocycles. The summed E-state index contributed by atoms with van der Waals surface area (Å²) >= 11 is 7.50. The Morgan fingerprint density at radius 3 is 2.68 bits per heavy atom. The molecular weight excluding hydrogens is 396 g/mol. The van der Waals surface area contributed by atoms with Gasteiger partial charge in [0.15, 0.2) is 5.75 Å². The van der Waals surface area contributed by atoms with E-state index in [-0.39, 0.29) is 11.8 Å². The van der Waals surface area contributed by atoms with Crippen LogP contribution in [0.2, 0.25) is 5.02 Å². The van der Waals surface area contributed by atoms with Gasteiger partial charge in [0.1, 0.15) is 5.75 Å². The lowest BCUT2D eigenvalue weighted by Crippen LogP contribution is -2.14. The van der Waals surface area contributed by atoms with Crippen molar-refractivity contribution < 1.29 is 14.3 Å². The van der Waals surface area contributed by atoms with E-state index in [1.807, 2.05) is 24.5 Å². The lowest BCUT2D eigenvalue weighted by molar-refractivity contribution is 0.101. The Morgan fingerprint density at radius 1 is 1.07 bits per heavy atom. The van der Waals surface area contributed by atoms with Gasteiger partial charge in [-0.1, -0.05) is 23.7 Å². The van der Waals surface area contributed by atoms with Gasteiger partial charge < -0.3 is 15.4 Å². The second-order valence-electron chi connectivity index (χ2n) is 6.06. The summed E-state index contributed by atoms with van der Waals surface area (Å²) < 4.78 is 5.85. The average molecular weight is 411 g/mol. The standard InChI is InChI=1S/C21H15ClN2O3S/c1-28-19-5-3-2-4-14(19)20(25)23-13-7-9-17-15(11-13)21(26)24-16-10-12(22)6-8-18(16)27-17/h2-11H,1H3,(H,23,25)(H,24,26). The zero-order valence-corrected chi connectivity index (χ0v) is 16.4. The first-order valence-electron chi connectivity index (χ1n) is 8.42. The van der Waals surface area contributed by atoms with Gasteiger partial charge >= 0.3 is 0 Å². The number of fused-ring (bicyclic) bond motifs is 2. The Morgan fingerprint density at radius 2 is 1.86 bits per heavy atom. The normalized spacial score (nSPS) is 12.1. The zero-order valence-electron chi connectivity index (χ0n) is 14.8. The van der Waals surface area contributed by atoms with E-state index in [9.17, 15) is 9.59 Å². The monoisotopic (exact) mass is 410 g/mol. The first-order valence-corrected chi connectivity index (χ1v) is 10.0. The molecule has 0 aliphatic carbocycles. The van der Waals surface area contributed by atoms with Crippen molar-refractivity contribution in [3.63, 3.8) is 0 Å². The number of benzene rings is 3. The number of halogens is 1. The molecule has 0 fully saturated rings. The van der Waals surface area contributed by atoms with Crippen molar-refractivity contribution in [2.75, 3.05) is 16.9 Å². The zero-order chi connectivity index (χ0) is 19.7. The average Bonchev–Trinajstić information content (AvgIpc) is 2.83. The minimum absolute atomic E-state index is 0.241. The molecule has 1 aliphatic heterocycles. The Bertz CT molecular complexity index is 1100. The van der Waals surface area contributed by atoms with Crippen LogP contribution in [0.1, 0.15) is 20.7 Å². The Hall–Kier alpha value is -2.96. The molecule has 3 aromatic carbocycles. The van der Waals surface area contributed by atoms with Crippen molar-refractivity contribution in [2.45, 2.75) is 4.90 Å². The molecule has 0 radical (unpaired) electrons. The fourth-order valence-corrected chi connectivity index (χ4v) is 3.67. The highest BCUT2D eigenvalue weighted by Crippen LogP contribution is 2.38. The van der Waals surface area contributed by atoms with Crippen LogP contribution in [0.3, 0.4) is 0 Å². The minimum atomic E-state index is -0.336. The van der Waals surface area contributed by atoms with Crippen LogP contribution in [0.25, 0.3) is 0 Å². The number of nitrogens with one attached hydrogen (secondary N) is 2. The van der Waals surface area contributed by atoms with Gasteiger partial charge in [0.2, 0.25) is 0 Å². The molecule has 0 spiro atoms. The maximum Gasteiger partial charge on any atom is 0.259 e. The third kappa shape index (κ3) is 3.56. The van der Waals surface area contributed by atoms with E-state index < -0.39 is 0 Å². The van der Waals surface area contributed by atoms with Crippen LogP contribution in [0.5, 0.6) is 11.5 Å². The van der Waals surface area contributed by atoms with Gasteiger partial charge in [-0.2, -0.15) is 0 Å². The first-order chi connectivity index (χ1) is 13.5. The van der Waals surface area contributed by atoms with E-state index in [0.717, 1.165) is 4.90 Å². The largest absolute Gasteiger partial charge is 0.454 e. The number of carbonyl (C=O) groups excluding carboxylic acids is 2. The van der Waals surface area contributed by atoms with E-state index in [4.69, 9.17) is 16.3 Å². The summed E-state index contributed by atoms with van der Waals surface area (Å²) in [7, 11) is 0. The lowest BCUT2D eigenvalue weighted by atomic mass is 10.1. The fraction of sp³-hybridized carbons (Fsp3) is 0.0476. The predicted molar refractivity (Wildman–Crippen MR) is 112 cm³/mol. The molecule has 2 N–H and O–H groups in total. The van der Waals surface area contributed by atoms with Crippen molar-refractivity contribution in [1.82, 2.24) is 0 Å². The summed E-state index contributed by atoms with van der Waals surface area (Å²) in [4.78, 5) is 26.2. The fourth-order valence-electron chi connectivity index (χ4n) is 2.90. The molecule has 0 aromatic heterocycles. The van der Waals surface area contributed by atoms with Crippen LogP contribution in [0, 0.1) is 0 Å². The van der Waals surface area contributed by atoms with Crippen LogP contribution in [0.15, 0.2) is 65.6 Å². The molecule has 7 heteroatoms. The summed E-state index contributed by atoms with van der Waals surface area (Å²) in [5.74, 6) is 0.329. The molecule has 0 saturated carbocycles. The Labute approximate surface area is 171 Å². The van der Waals surface area contributed by atoms with Gasteiger partial charge in [-0.3, -0.25) is 9.59 Å². The van der Waals surface area contributed by atoms with Crippen LogP contribution in [-0.2, 0) is 0 Å². The second-order valence-corrected chi connectivity index (χ2v) is 7.35. The third-order valence-electron chi connectivity index (χ3n) is 4.24. The van der Waals surface area contributed by atoms with Crippen LogP contribution in [-0.4, -0.2) is 18.1 Å². The van der Waals surface area contributed by atoms with E-state index in [0.29, 0.717) is 39.0 Å². The number of thioether (sulfide) groups is 1. The molecule has 1 heterocycles. The summed E-state index contributed by atoms with van der Waals surface area (Å²) in [5.41, 5.74) is 1.89. The van der Waals surface area contributed by atoms with E-state index in [2.05, 4.69) is 10.6 Å². The number of hydrogen-bond donors (Lipinski definition) is 2. The smallest absolute Gasteiger partial charge is 0.259 e. The topological polar surface area (TPSA) is 67.4 Å². The molecule has 28 heavy (non-hydrogen) atoms. The first kappa shape index (κ1) is 18.4. The van der Waals surface area contributed by atoms with Gasteiger partial charge in [0, 0.05) is 15.6 Å². The van der Waals surface area contributed by atoms with Gasteiger partial charge in [-0.05, 0) is 54.8 Å². The molecule has 2 amide bonds. The van der Waals surface area contributed by atoms with Gasteiger partial charge in [0.25, 0.3) is 11.8 Å². The molecule has 4 rings (SSSR count). The summed E-state index contributed by atoms with van der Waals surface area (Å²) in [5, 5.41) is 6.13. The quantitative estimate of drug-likeness (QED) is 0.546. The maximum absolute atomic E-state index is 12.7.